The first-order chi connectivity index (χ1) is 18.9. The van der Waals surface area contributed by atoms with Crippen LogP contribution >= 0.6 is 34.5 Å². The Hall–Kier alpha value is -2.71. The van der Waals surface area contributed by atoms with Crippen molar-refractivity contribution in [1.82, 2.24) is 4.98 Å². The van der Waals surface area contributed by atoms with Crippen LogP contribution in [-0.2, 0) is 28.8 Å². The number of carbonyl (C=O) groups excluding carboxylic acids is 1. The van der Waals surface area contributed by atoms with Gasteiger partial charge in [0.05, 0.1) is 21.8 Å². The number of carboxylic acid groups (broad SMARTS) is 1. The van der Waals surface area contributed by atoms with Crippen molar-refractivity contribution in [2.75, 3.05) is 11.9 Å². The molecule has 1 unspecified atom stereocenters. The third-order valence-electron chi connectivity index (χ3n) is 7.10. The van der Waals surface area contributed by atoms with E-state index in [0.717, 1.165) is 41.8 Å². The van der Waals surface area contributed by atoms with E-state index in [1.165, 1.54) is 47.6 Å². The fourth-order valence-electron chi connectivity index (χ4n) is 4.96. The van der Waals surface area contributed by atoms with Crippen molar-refractivity contribution in [3.05, 3.63) is 73.1 Å². The van der Waals surface area contributed by atoms with Gasteiger partial charge in [-0.3, -0.25) is 10.1 Å². The van der Waals surface area contributed by atoms with Gasteiger partial charge in [-0.1, -0.05) is 62.2 Å². The first-order valence-electron chi connectivity index (χ1n) is 13.3. The fraction of sp³-hybridized carbons (Fsp3) is 0.387. The number of thiazole rings is 1. The zero-order valence-corrected chi connectivity index (χ0v) is 25.7. The van der Waals surface area contributed by atoms with Gasteiger partial charge in [0.25, 0.3) is 5.91 Å². The van der Waals surface area contributed by atoms with Gasteiger partial charge < -0.3 is 9.84 Å². The third kappa shape index (κ3) is 6.77. The molecule has 2 aromatic carbocycles. The standard InChI is InChI=1S/C31H34Cl2N2O4S/c1-6-39-26(31(3,4)5)13-10-18-8-7-9-21-20(18)11-12-25-27(21)34-30(40-25)35-28(36)19-15-23(32)22(24(33)16-19)14-17(2)29(37)38/h7-9,14-16,26H,6,10-13H2,1-5H3,(H,37,38)(H,34,35,36). The minimum absolute atomic E-state index is 0.0724. The molecule has 1 aliphatic carbocycles. The molecule has 212 valence electrons. The SMILES string of the molecule is CCOC(CCc1cccc2c1CCc1sc(NC(=O)c3cc(Cl)c(C=C(C)C(=O)O)c(Cl)c3)nc1-2)C(C)(C)C. The predicted octanol–water partition coefficient (Wildman–Crippen LogP) is 8.34. The van der Waals surface area contributed by atoms with E-state index in [0.29, 0.717) is 17.3 Å². The van der Waals surface area contributed by atoms with E-state index < -0.39 is 11.9 Å². The van der Waals surface area contributed by atoms with Gasteiger partial charge in [-0.25, -0.2) is 9.78 Å². The fourth-order valence-corrected chi connectivity index (χ4v) is 6.53. The number of fused-ring (bicyclic) bond motifs is 3. The van der Waals surface area contributed by atoms with Crippen LogP contribution in [0.1, 0.15) is 73.0 Å². The van der Waals surface area contributed by atoms with Crippen LogP contribution in [-0.4, -0.2) is 34.7 Å². The number of carbonyl (C=O) groups is 2. The van der Waals surface area contributed by atoms with Gasteiger partial charge in [0.15, 0.2) is 5.13 Å². The minimum Gasteiger partial charge on any atom is -0.478 e. The molecule has 4 rings (SSSR count). The Labute approximate surface area is 249 Å². The number of nitrogens with zero attached hydrogens (tertiary/aromatic N) is 1. The molecule has 0 saturated heterocycles. The summed E-state index contributed by atoms with van der Waals surface area (Å²) in [7, 11) is 0. The summed E-state index contributed by atoms with van der Waals surface area (Å²) < 4.78 is 6.06. The molecular weight excluding hydrogens is 567 g/mol. The lowest BCUT2D eigenvalue weighted by Crippen LogP contribution is -2.30. The van der Waals surface area contributed by atoms with Crippen LogP contribution < -0.4 is 5.32 Å². The number of rotatable bonds is 9. The number of aliphatic carboxylic acids is 1. The predicted molar refractivity (Wildman–Crippen MR) is 164 cm³/mol. The van der Waals surface area contributed by atoms with Gasteiger partial charge in [0.2, 0.25) is 0 Å². The number of hydrogen-bond acceptors (Lipinski definition) is 5. The van der Waals surface area contributed by atoms with Crippen molar-refractivity contribution in [2.45, 2.75) is 66.4 Å². The number of carboxylic acids is 1. The van der Waals surface area contributed by atoms with Crippen molar-refractivity contribution >= 4 is 57.6 Å². The second kappa shape index (κ2) is 12.4. The van der Waals surface area contributed by atoms with Crippen molar-refractivity contribution in [3.63, 3.8) is 0 Å². The summed E-state index contributed by atoms with van der Waals surface area (Å²) in [5.41, 5.74) is 5.46. The Morgan fingerprint density at radius 1 is 1.20 bits per heavy atom. The number of amides is 1. The molecule has 40 heavy (non-hydrogen) atoms. The Balaban J connectivity index is 1.54. The van der Waals surface area contributed by atoms with Crippen molar-refractivity contribution in [3.8, 4) is 11.3 Å². The molecule has 0 fully saturated rings. The molecule has 1 heterocycles. The molecule has 9 heteroatoms. The van der Waals surface area contributed by atoms with Crippen LogP contribution in [0, 0.1) is 5.41 Å². The van der Waals surface area contributed by atoms with Gasteiger partial charge in [0.1, 0.15) is 0 Å². The molecule has 2 N–H and O–H groups in total. The minimum atomic E-state index is -1.07. The maximum atomic E-state index is 13.1. The van der Waals surface area contributed by atoms with Crippen LogP contribution in [0.3, 0.4) is 0 Å². The summed E-state index contributed by atoms with van der Waals surface area (Å²) in [6.07, 6.45) is 5.25. The molecule has 1 amide bonds. The second-order valence-corrected chi connectivity index (χ2v) is 12.9. The highest BCUT2D eigenvalue weighted by molar-refractivity contribution is 7.16. The highest BCUT2D eigenvalue weighted by Crippen LogP contribution is 2.40. The largest absolute Gasteiger partial charge is 0.478 e. The summed E-state index contributed by atoms with van der Waals surface area (Å²) in [6, 6.07) is 9.35. The summed E-state index contributed by atoms with van der Waals surface area (Å²) in [5, 5.41) is 12.9. The van der Waals surface area contributed by atoms with Crippen LogP contribution in [0.25, 0.3) is 17.3 Å². The first-order valence-corrected chi connectivity index (χ1v) is 14.9. The smallest absolute Gasteiger partial charge is 0.331 e. The van der Waals surface area contributed by atoms with Gasteiger partial charge in [-0.05, 0) is 74.3 Å². The number of ether oxygens (including phenoxy) is 1. The molecule has 0 bridgehead atoms. The maximum absolute atomic E-state index is 13.1. The highest BCUT2D eigenvalue weighted by Gasteiger charge is 2.27. The van der Waals surface area contributed by atoms with Gasteiger partial charge in [-0.2, -0.15) is 0 Å². The summed E-state index contributed by atoms with van der Waals surface area (Å²) >= 11 is 14.2. The first kappa shape index (κ1) is 30.3. The summed E-state index contributed by atoms with van der Waals surface area (Å²) in [4.78, 5) is 30.2. The topological polar surface area (TPSA) is 88.5 Å². The van der Waals surface area contributed by atoms with E-state index in [1.54, 1.807) is 0 Å². The van der Waals surface area contributed by atoms with Crippen LogP contribution in [0.2, 0.25) is 10.0 Å². The summed E-state index contributed by atoms with van der Waals surface area (Å²) in [5.74, 6) is -1.46. The van der Waals surface area contributed by atoms with E-state index in [9.17, 15) is 9.59 Å². The van der Waals surface area contributed by atoms with Crippen LogP contribution in [0.4, 0.5) is 5.13 Å². The molecule has 0 saturated carbocycles. The normalized spacial score (nSPS) is 13.9. The lowest BCUT2D eigenvalue weighted by molar-refractivity contribution is -0.132. The molecule has 3 aromatic rings. The monoisotopic (exact) mass is 600 g/mol. The molecule has 1 aromatic heterocycles. The Morgan fingerprint density at radius 2 is 1.90 bits per heavy atom. The number of anilines is 1. The average molecular weight is 602 g/mol. The number of benzene rings is 2. The molecular formula is C31H34Cl2N2O4S. The lowest BCUT2D eigenvalue weighted by atomic mass is 9.83. The number of nitrogens with one attached hydrogen (secondary N) is 1. The highest BCUT2D eigenvalue weighted by atomic mass is 35.5. The molecule has 1 atom stereocenters. The van der Waals surface area contributed by atoms with E-state index in [1.807, 2.05) is 6.92 Å². The lowest BCUT2D eigenvalue weighted by Gasteiger charge is -2.31. The van der Waals surface area contributed by atoms with Gasteiger partial charge in [0, 0.05) is 33.7 Å². The molecule has 0 radical (unpaired) electrons. The van der Waals surface area contributed by atoms with Crippen molar-refractivity contribution in [1.29, 1.82) is 0 Å². The zero-order valence-electron chi connectivity index (χ0n) is 23.4. The van der Waals surface area contributed by atoms with E-state index in [-0.39, 0.29) is 32.7 Å². The van der Waals surface area contributed by atoms with Crippen LogP contribution in [0.5, 0.6) is 0 Å². The van der Waals surface area contributed by atoms with E-state index in [4.69, 9.17) is 38.0 Å². The van der Waals surface area contributed by atoms with Crippen molar-refractivity contribution < 1.29 is 19.4 Å². The number of hydrogen-bond donors (Lipinski definition) is 2. The molecule has 1 aliphatic rings. The molecule has 6 nitrogen and oxygen atoms in total. The van der Waals surface area contributed by atoms with Gasteiger partial charge >= 0.3 is 5.97 Å². The summed E-state index contributed by atoms with van der Waals surface area (Å²) in [6.45, 7) is 10.9. The second-order valence-electron chi connectivity index (χ2n) is 11.0. The van der Waals surface area contributed by atoms with E-state index >= 15 is 0 Å². The number of halogens is 2. The Kier molecular flexibility index (Phi) is 9.40. The van der Waals surface area contributed by atoms with Gasteiger partial charge in [-0.15, -0.1) is 11.3 Å². The number of aryl methyl sites for hydroxylation is 2. The molecule has 0 aliphatic heterocycles. The quantitative estimate of drug-likeness (QED) is 0.241. The maximum Gasteiger partial charge on any atom is 0.331 e. The van der Waals surface area contributed by atoms with Crippen molar-refractivity contribution in [2.24, 2.45) is 5.41 Å². The Bertz CT molecular complexity index is 1450. The Morgan fingerprint density at radius 3 is 2.52 bits per heavy atom. The molecule has 0 spiro atoms. The third-order valence-corrected chi connectivity index (χ3v) is 8.75. The zero-order chi connectivity index (χ0) is 29.2. The number of aromatic nitrogens is 1. The van der Waals surface area contributed by atoms with Crippen LogP contribution in [0.15, 0.2) is 35.9 Å². The van der Waals surface area contributed by atoms with E-state index in [2.05, 4.69) is 44.3 Å². The average Bonchev–Trinajstić information content (AvgIpc) is 3.30.